The summed E-state index contributed by atoms with van der Waals surface area (Å²) in [5.41, 5.74) is 2.44. The van der Waals surface area contributed by atoms with Gasteiger partial charge >= 0.3 is 6.09 Å². The van der Waals surface area contributed by atoms with Crippen LogP contribution in [-0.4, -0.2) is 80.7 Å². The fourth-order valence-electron chi connectivity index (χ4n) is 6.44. The van der Waals surface area contributed by atoms with Gasteiger partial charge in [-0.1, -0.05) is 64.1 Å². The lowest BCUT2D eigenvalue weighted by Gasteiger charge is -2.31. The Morgan fingerprint density at radius 1 is 1.13 bits per heavy atom. The van der Waals surface area contributed by atoms with E-state index in [0.29, 0.717) is 23.4 Å². The monoisotopic (exact) mass is 669 g/mol. The normalized spacial score (nSPS) is 22.9. The van der Waals surface area contributed by atoms with Gasteiger partial charge in [-0.3, -0.25) is 4.79 Å². The maximum absolute atomic E-state index is 14.2. The zero-order valence-electron chi connectivity index (χ0n) is 27.6. The van der Waals surface area contributed by atoms with Gasteiger partial charge in [-0.05, 0) is 61.3 Å². The first-order valence-electron chi connectivity index (χ1n) is 16.6. The minimum absolute atomic E-state index is 0.0256. The molecule has 3 unspecified atom stereocenters. The van der Waals surface area contributed by atoms with Crippen LogP contribution in [0.2, 0.25) is 0 Å². The zero-order chi connectivity index (χ0) is 33.7. The molecule has 3 aliphatic rings. The second-order valence-electron chi connectivity index (χ2n) is 13.0. The van der Waals surface area contributed by atoms with Gasteiger partial charge < -0.3 is 30.0 Å². The Hall–Kier alpha value is -3.29. The number of fused-ring (bicyclic) bond motifs is 2. The van der Waals surface area contributed by atoms with Crippen molar-refractivity contribution in [3.8, 4) is 0 Å². The average Bonchev–Trinajstić information content (AvgIpc) is 3.74. The van der Waals surface area contributed by atoms with E-state index in [1.165, 1.54) is 16.4 Å². The molecule has 2 amide bonds. The molecule has 2 aromatic rings. The second-order valence-corrected chi connectivity index (χ2v) is 14.9. The fourth-order valence-corrected chi connectivity index (χ4v) is 8.09. The number of ether oxygens (including phenoxy) is 3. The van der Waals surface area contributed by atoms with Crippen LogP contribution >= 0.6 is 0 Å². The minimum atomic E-state index is -4.12. The molecule has 2 fully saturated rings. The van der Waals surface area contributed by atoms with E-state index in [-0.39, 0.29) is 61.0 Å². The summed E-state index contributed by atoms with van der Waals surface area (Å²) in [6.07, 6.45) is 1.77. The van der Waals surface area contributed by atoms with E-state index in [9.17, 15) is 23.1 Å². The van der Waals surface area contributed by atoms with Crippen molar-refractivity contribution in [3.05, 3.63) is 65.7 Å². The molecule has 3 N–H and O–H groups in total. The van der Waals surface area contributed by atoms with E-state index >= 15 is 0 Å². The van der Waals surface area contributed by atoms with Gasteiger partial charge in [-0.15, -0.1) is 0 Å². The first kappa shape index (κ1) is 35.0. The highest BCUT2D eigenvalue weighted by molar-refractivity contribution is 7.89. The molecule has 0 aromatic heterocycles. The number of nitrogens with zero attached hydrogens (tertiary/aromatic N) is 1. The highest BCUT2D eigenvalue weighted by atomic mass is 32.2. The molecule has 2 aromatic carbocycles. The largest absolute Gasteiger partial charge is 0.443 e. The molecule has 11 nitrogen and oxygen atoms in total. The maximum Gasteiger partial charge on any atom is 0.407 e. The number of benzene rings is 2. The zero-order valence-corrected chi connectivity index (χ0v) is 28.4. The number of alkyl carbamates (subject to hydrolysis) is 1. The van der Waals surface area contributed by atoms with E-state index < -0.39 is 34.4 Å². The summed E-state index contributed by atoms with van der Waals surface area (Å²) in [5, 5.41) is 17.3. The average molecular weight is 670 g/mol. The lowest BCUT2D eigenvalue weighted by Crippen LogP contribution is -2.51. The van der Waals surface area contributed by atoms with E-state index in [2.05, 4.69) is 24.5 Å². The summed E-state index contributed by atoms with van der Waals surface area (Å²) in [6.45, 7) is 8.54. The molecule has 256 valence electrons. The number of sulfonamides is 1. The number of hydrogen-bond donors (Lipinski definition) is 3. The minimum Gasteiger partial charge on any atom is -0.443 e. The fraction of sp³-hybridized carbons (Fsp3) is 0.543. The summed E-state index contributed by atoms with van der Waals surface area (Å²) in [7, 11) is -4.12. The predicted octanol–water partition coefficient (Wildman–Crippen LogP) is 4.56. The van der Waals surface area contributed by atoms with Crippen LogP contribution in [0.25, 0.3) is 5.57 Å². The third-order valence-electron chi connectivity index (χ3n) is 9.13. The van der Waals surface area contributed by atoms with Crippen LogP contribution in [0.15, 0.2) is 59.5 Å². The van der Waals surface area contributed by atoms with Crippen LogP contribution in [0.1, 0.15) is 58.1 Å². The van der Waals surface area contributed by atoms with Crippen LogP contribution in [-0.2, 0) is 35.4 Å². The van der Waals surface area contributed by atoms with Crippen LogP contribution in [0.4, 0.5) is 10.5 Å². The Balaban J connectivity index is 1.38. The lowest BCUT2D eigenvalue weighted by molar-refractivity contribution is -0.110. The number of rotatable bonds is 14. The third-order valence-corrected chi connectivity index (χ3v) is 11.0. The van der Waals surface area contributed by atoms with Crippen molar-refractivity contribution in [2.75, 3.05) is 31.6 Å². The van der Waals surface area contributed by atoms with Crippen molar-refractivity contribution >= 4 is 33.3 Å². The van der Waals surface area contributed by atoms with Crippen LogP contribution in [0.5, 0.6) is 0 Å². The van der Waals surface area contributed by atoms with E-state index in [4.69, 9.17) is 14.2 Å². The predicted molar refractivity (Wildman–Crippen MR) is 178 cm³/mol. The molecular formula is C35H47N3O8S. The van der Waals surface area contributed by atoms with Crippen molar-refractivity contribution in [1.29, 1.82) is 0 Å². The van der Waals surface area contributed by atoms with E-state index in [1.54, 1.807) is 6.07 Å². The first-order chi connectivity index (χ1) is 22.5. The summed E-state index contributed by atoms with van der Waals surface area (Å²) in [5.74, 6) is -0.176. The topological polar surface area (TPSA) is 144 Å². The molecule has 5 atom stereocenters. The number of amides is 2. The summed E-state index contributed by atoms with van der Waals surface area (Å²) in [4.78, 5) is 26.0. The van der Waals surface area contributed by atoms with Gasteiger partial charge in [0.2, 0.25) is 10.0 Å². The molecule has 3 aliphatic heterocycles. The smallest absolute Gasteiger partial charge is 0.407 e. The van der Waals surface area contributed by atoms with Crippen molar-refractivity contribution < 1.29 is 37.3 Å². The van der Waals surface area contributed by atoms with E-state index in [1.807, 2.05) is 50.3 Å². The molecule has 5 rings (SSSR count). The molecule has 12 heteroatoms. The highest BCUT2D eigenvalue weighted by Gasteiger charge is 2.44. The number of nitrogens with one attached hydrogen (secondary N) is 2. The molecule has 0 radical (unpaired) electrons. The lowest BCUT2D eigenvalue weighted by atomic mass is 9.97. The Bertz CT molecular complexity index is 1540. The molecule has 0 spiro atoms. The molecule has 0 bridgehead atoms. The molecule has 3 heterocycles. The number of allylic oxidation sites excluding steroid dienone is 1. The second kappa shape index (κ2) is 15.3. The number of aliphatic hydroxyl groups is 1. The van der Waals surface area contributed by atoms with Gasteiger partial charge in [0.25, 0.3) is 5.91 Å². The number of anilines is 1. The van der Waals surface area contributed by atoms with Crippen molar-refractivity contribution in [2.45, 2.75) is 82.8 Å². The number of aliphatic hydroxyl groups excluding tert-OH is 1. The summed E-state index contributed by atoms with van der Waals surface area (Å²) >= 11 is 0. The first-order valence-corrected chi connectivity index (χ1v) is 18.0. The molecule has 2 saturated heterocycles. The Labute approximate surface area is 277 Å². The van der Waals surface area contributed by atoms with Crippen molar-refractivity contribution in [1.82, 2.24) is 9.62 Å². The maximum atomic E-state index is 14.2. The molecule has 47 heavy (non-hydrogen) atoms. The Kier molecular flexibility index (Phi) is 11.4. The van der Waals surface area contributed by atoms with Gasteiger partial charge in [0.05, 0.1) is 36.2 Å². The molecule has 0 saturated carbocycles. The van der Waals surface area contributed by atoms with Crippen LogP contribution in [0.3, 0.4) is 0 Å². The Morgan fingerprint density at radius 2 is 1.87 bits per heavy atom. The highest BCUT2D eigenvalue weighted by Crippen LogP contribution is 2.36. The quantitative estimate of drug-likeness (QED) is 0.249. The number of carbonyl (C=O) groups is 2. The summed E-state index contributed by atoms with van der Waals surface area (Å²) in [6, 6.07) is 13.1. The van der Waals surface area contributed by atoms with Gasteiger partial charge in [-0.25, -0.2) is 13.2 Å². The van der Waals surface area contributed by atoms with Crippen LogP contribution in [0, 0.1) is 17.8 Å². The van der Waals surface area contributed by atoms with Gasteiger partial charge in [-0.2, -0.15) is 4.31 Å². The summed E-state index contributed by atoms with van der Waals surface area (Å²) < 4.78 is 46.5. The van der Waals surface area contributed by atoms with Crippen LogP contribution < -0.4 is 10.6 Å². The molecular weight excluding hydrogens is 622 g/mol. The van der Waals surface area contributed by atoms with Crippen molar-refractivity contribution in [2.24, 2.45) is 17.8 Å². The number of carbonyl (C=O) groups excluding carboxylic acids is 2. The van der Waals surface area contributed by atoms with Crippen molar-refractivity contribution in [3.63, 3.8) is 0 Å². The SMILES string of the molecule is CCC(/C=C1\C(=O)Nc2ccc(S(=O)(=O)N(CC(C)C)C[C@@H](O)[C@H](Cc3ccccc3)NC(=O)OC3COC4OCCC34)cc21)CC. The standard InChI is InChI=1S/C35H47N3O8S/c1-5-23(6-2)16-28-27-18-25(12-13-29(27)36-33(28)40)47(42,43)38(19-22(3)4)20-31(39)30(17-24-10-8-7-9-11-24)37-35(41)46-32-21-45-34-26(32)14-15-44-34/h7-13,16,18,22-23,26,30-32,34,39H,5-6,14-15,17,19-21H2,1-4H3,(H,36,40)(H,37,41)/b28-16-/t26?,30-,31+,32?,34?/m0/s1. The molecule has 0 aliphatic carbocycles. The Morgan fingerprint density at radius 3 is 2.57 bits per heavy atom. The van der Waals surface area contributed by atoms with E-state index in [0.717, 1.165) is 24.8 Å². The van der Waals surface area contributed by atoms with Gasteiger partial charge in [0.1, 0.15) is 6.10 Å². The van der Waals surface area contributed by atoms with Gasteiger partial charge in [0.15, 0.2) is 6.29 Å². The number of hydrogen-bond acceptors (Lipinski definition) is 8. The third kappa shape index (κ3) is 8.24. The van der Waals surface area contributed by atoms with Gasteiger partial charge in [0, 0.05) is 29.9 Å².